The zero-order valence-corrected chi connectivity index (χ0v) is 13.6. The Morgan fingerprint density at radius 3 is 1.38 bits per heavy atom. The van der Waals surface area contributed by atoms with Crippen LogP contribution in [0.25, 0.3) is 0 Å². The molecule has 0 aliphatic carbocycles. The van der Waals surface area contributed by atoms with Crippen LogP contribution in [0.4, 0.5) is 0 Å². The molecule has 0 saturated carbocycles. The lowest BCUT2D eigenvalue weighted by Crippen LogP contribution is -2.25. The van der Waals surface area contributed by atoms with Crippen molar-refractivity contribution in [2.24, 2.45) is 5.16 Å². The molecular formula is C18H17NO5. The molecule has 2 aromatic carbocycles. The van der Waals surface area contributed by atoms with Crippen LogP contribution in [0.2, 0.25) is 0 Å². The van der Waals surface area contributed by atoms with E-state index in [9.17, 15) is 9.59 Å². The van der Waals surface area contributed by atoms with Crippen molar-refractivity contribution < 1.29 is 23.9 Å². The molecule has 6 nitrogen and oxygen atoms in total. The Morgan fingerprint density at radius 1 is 0.708 bits per heavy atom. The lowest BCUT2D eigenvalue weighted by Gasteiger charge is -2.06. The molecule has 0 spiro atoms. The summed E-state index contributed by atoms with van der Waals surface area (Å²) >= 11 is 0. The second-order valence-corrected chi connectivity index (χ2v) is 4.74. The van der Waals surface area contributed by atoms with Crippen LogP contribution in [0.5, 0.6) is 11.5 Å². The smallest absolute Gasteiger partial charge is 0.218 e. The average Bonchev–Trinajstić information content (AvgIpc) is 2.65. The first kappa shape index (κ1) is 17.2. The van der Waals surface area contributed by atoms with Gasteiger partial charge < -0.3 is 14.3 Å². The van der Waals surface area contributed by atoms with Gasteiger partial charge in [-0.15, -0.1) is 0 Å². The molecule has 0 heterocycles. The molecule has 0 atom stereocenters. The minimum absolute atomic E-state index is 0.298. The van der Waals surface area contributed by atoms with Gasteiger partial charge in [-0.05, 0) is 48.5 Å². The normalized spacial score (nSPS) is 9.79. The Hall–Kier alpha value is -3.15. The van der Waals surface area contributed by atoms with Gasteiger partial charge in [0.1, 0.15) is 18.6 Å². The number of methoxy groups -OCH3 is 2. The third kappa shape index (κ3) is 3.78. The average molecular weight is 327 g/mol. The molecule has 6 heteroatoms. The number of oxime groups is 1. The van der Waals surface area contributed by atoms with E-state index in [1.165, 1.54) is 21.3 Å². The number of Topliss-reactive ketones (excluding diaryl/α,β-unsaturated/α-hetero) is 2. The van der Waals surface area contributed by atoms with Crippen LogP contribution >= 0.6 is 0 Å². The minimum atomic E-state index is -0.527. The molecule has 2 rings (SSSR count). The van der Waals surface area contributed by atoms with E-state index in [-0.39, 0.29) is 5.71 Å². The second kappa shape index (κ2) is 7.92. The van der Waals surface area contributed by atoms with Gasteiger partial charge in [0, 0.05) is 11.1 Å². The van der Waals surface area contributed by atoms with E-state index >= 15 is 0 Å². The number of carbonyl (C=O) groups is 2. The van der Waals surface area contributed by atoms with Gasteiger partial charge in [0.15, 0.2) is 5.71 Å². The number of ketones is 2. The zero-order chi connectivity index (χ0) is 17.5. The highest BCUT2D eigenvalue weighted by molar-refractivity contribution is 6.71. The van der Waals surface area contributed by atoms with Crippen LogP contribution in [0.1, 0.15) is 20.7 Å². The maximum atomic E-state index is 12.6. The van der Waals surface area contributed by atoms with Gasteiger partial charge >= 0.3 is 0 Å². The van der Waals surface area contributed by atoms with E-state index in [0.29, 0.717) is 22.6 Å². The van der Waals surface area contributed by atoms with Gasteiger partial charge in [0.2, 0.25) is 11.6 Å². The molecule has 0 unspecified atom stereocenters. The predicted octanol–water partition coefficient (Wildman–Crippen LogP) is 2.77. The topological polar surface area (TPSA) is 74.2 Å². The third-order valence-electron chi connectivity index (χ3n) is 3.32. The first-order valence-corrected chi connectivity index (χ1v) is 7.09. The minimum Gasteiger partial charge on any atom is -0.497 e. The lowest BCUT2D eigenvalue weighted by molar-refractivity contribution is 0.100. The zero-order valence-electron chi connectivity index (χ0n) is 13.6. The molecule has 0 fully saturated rings. The monoisotopic (exact) mass is 327 g/mol. The summed E-state index contributed by atoms with van der Waals surface area (Å²) in [5, 5.41) is 3.62. The van der Waals surface area contributed by atoms with Crippen molar-refractivity contribution in [2.75, 3.05) is 21.3 Å². The highest BCUT2D eigenvalue weighted by Crippen LogP contribution is 2.16. The molecule has 0 aliphatic rings. The number of benzene rings is 2. The Morgan fingerprint density at radius 2 is 1.08 bits per heavy atom. The van der Waals surface area contributed by atoms with Gasteiger partial charge in [0.05, 0.1) is 14.2 Å². The number of carbonyl (C=O) groups excluding carboxylic acids is 2. The lowest BCUT2D eigenvalue weighted by atomic mass is 9.99. The van der Waals surface area contributed by atoms with Crippen LogP contribution < -0.4 is 9.47 Å². The van der Waals surface area contributed by atoms with Crippen molar-refractivity contribution >= 4 is 17.3 Å². The predicted molar refractivity (Wildman–Crippen MR) is 89.1 cm³/mol. The molecule has 0 bridgehead atoms. The Bertz CT molecular complexity index is 686. The molecule has 124 valence electrons. The van der Waals surface area contributed by atoms with Crippen molar-refractivity contribution in [3.8, 4) is 11.5 Å². The number of ether oxygens (including phenoxy) is 2. The van der Waals surface area contributed by atoms with Crippen LogP contribution in [-0.4, -0.2) is 38.6 Å². The van der Waals surface area contributed by atoms with Crippen molar-refractivity contribution in [2.45, 2.75) is 0 Å². The SMILES string of the molecule is CON=C(C(=O)c1ccc(OC)cc1)C(=O)c1ccc(OC)cc1. The molecule has 0 aliphatic heterocycles. The molecule has 24 heavy (non-hydrogen) atoms. The molecule has 0 radical (unpaired) electrons. The van der Waals surface area contributed by atoms with E-state index in [2.05, 4.69) is 9.99 Å². The maximum Gasteiger partial charge on any atom is 0.218 e. The highest BCUT2D eigenvalue weighted by Gasteiger charge is 2.24. The first-order chi connectivity index (χ1) is 11.6. The molecule has 2 aromatic rings. The maximum absolute atomic E-state index is 12.6. The summed E-state index contributed by atoms with van der Waals surface area (Å²) in [6, 6.07) is 12.8. The summed E-state index contributed by atoms with van der Waals surface area (Å²) in [5.41, 5.74) is 0.328. The van der Waals surface area contributed by atoms with Crippen molar-refractivity contribution in [1.82, 2.24) is 0 Å². The number of nitrogens with zero attached hydrogens (tertiary/aromatic N) is 1. The summed E-state index contributed by atoms with van der Waals surface area (Å²) < 4.78 is 10.1. The van der Waals surface area contributed by atoms with E-state index in [1.807, 2.05) is 0 Å². The molecule has 0 saturated heterocycles. The summed E-state index contributed by atoms with van der Waals surface area (Å²) in [4.78, 5) is 29.8. The van der Waals surface area contributed by atoms with Gasteiger partial charge in [0.25, 0.3) is 0 Å². The number of hydrogen-bond acceptors (Lipinski definition) is 6. The fraction of sp³-hybridized carbons (Fsp3) is 0.167. The Labute approximate surface area is 139 Å². The number of rotatable bonds is 7. The standard InChI is InChI=1S/C18H17NO5/c1-22-14-8-4-12(5-9-14)17(20)16(19-24-3)18(21)13-6-10-15(23-2)11-7-13/h4-11H,1-3H3. The Balaban J connectivity index is 2.31. The quantitative estimate of drug-likeness (QED) is 0.338. The summed E-state index contributed by atoms with van der Waals surface area (Å²) in [7, 11) is 4.34. The number of hydrogen-bond donors (Lipinski definition) is 0. The van der Waals surface area contributed by atoms with E-state index in [4.69, 9.17) is 9.47 Å². The Kier molecular flexibility index (Phi) is 5.68. The second-order valence-electron chi connectivity index (χ2n) is 4.74. The first-order valence-electron chi connectivity index (χ1n) is 7.09. The van der Waals surface area contributed by atoms with Gasteiger partial charge in [-0.1, -0.05) is 5.16 Å². The molecular weight excluding hydrogens is 310 g/mol. The third-order valence-corrected chi connectivity index (χ3v) is 3.32. The molecule has 0 amide bonds. The summed E-state index contributed by atoms with van der Waals surface area (Å²) in [6.07, 6.45) is 0. The van der Waals surface area contributed by atoms with Crippen LogP contribution in [0.3, 0.4) is 0 Å². The van der Waals surface area contributed by atoms with Gasteiger partial charge in [-0.25, -0.2) is 0 Å². The largest absolute Gasteiger partial charge is 0.497 e. The fourth-order valence-electron chi connectivity index (χ4n) is 2.04. The van der Waals surface area contributed by atoms with Crippen LogP contribution in [0, 0.1) is 0 Å². The molecule has 0 N–H and O–H groups in total. The van der Waals surface area contributed by atoms with Crippen LogP contribution in [0.15, 0.2) is 53.7 Å². The highest BCUT2D eigenvalue weighted by atomic mass is 16.6. The van der Waals surface area contributed by atoms with Crippen molar-refractivity contribution in [3.05, 3.63) is 59.7 Å². The van der Waals surface area contributed by atoms with Gasteiger partial charge in [-0.3, -0.25) is 9.59 Å². The van der Waals surface area contributed by atoms with E-state index in [0.717, 1.165) is 0 Å². The van der Waals surface area contributed by atoms with Crippen molar-refractivity contribution in [1.29, 1.82) is 0 Å². The summed E-state index contributed by atoms with van der Waals surface area (Å²) in [6.45, 7) is 0. The van der Waals surface area contributed by atoms with Crippen LogP contribution in [-0.2, 0) is 4.84 Å². The molecule has 0 aromatic heterocycles. The van der Waals surface area contributed by atoms with Crippen molar-refractivity contribution in [3.63, 3.8) is 0 Å². The van der Waals surface area contributed by atoms with E-state index in [1.54, 1.807) is 48.5 Å². The summed E-state index contributed by atoms with van der Waals surface area (Å²) in [5.74, 6) is 0.164. The van der Waals surface area contributed by atoms with E-state index < -0.39 is 11.6 Å². The fourth-order valence-corrected chi connectivity index (χ4v) is 2.04. The van der Waals surface area contributed by atoms with Gasteiger partial charge in [-0.2, -0.15) is 0 Å².